The summed E-state index contributed by atoms with van der Waals surface area (Å²) in [6.45, 7) is 4.30. The molecule has 3 unspecified atom stereocenters. The van der Waals surface area contributed by atoms with Gasteiger partial charge >= 0.3 is 11.9 Å². The first-order chi connectivity index (χ1) is 19.4. The van der Waals surface area contributed by atoms with Crippen LogP contribution in [0, 0.1) is 5.92 Å². The normalized spacial score (nSPS) is 18.6. The molecule has 3 aromatic carbocycles. The molecule has 9 nitrogen and oxygen atoms in total. The minimum atomic E-state index is -0.966. The second kappa shape index (κ2) is 11.8. The molecule has 1 aliphatic heterocycles. The summed E-state index contributed by atoms with van der Waals surface area (Å²) in [6, 6.07) is 16.5. The van der Waals surface area contributed by atoms with Crippen LogP contribution in [0.5, 0.6) is 28.7 Å². The largest absolute Gasteiger partial charge is 0.497 e. The van der Waals surface area contributed by atoms with Crippen molar-refractivity contribution in [3.05, 3.63) is 76.9 Å². The number of methoxy groups -OCH3 is 1. The zero-order valence-corrected chi connectivity index (χ0v) is 22.7. The SMILES string of the molecule is CCCOc1ccc2c(c1)C(c1ccc(OC)cc1OCC(=O)OCC)C(C(=O)O)C2c1ccc2c(c1)OCO2. The van der Waals surface area contributed by atoms with Gasteiger partial charge in [0.2, 0.25) is 6.79 Å². The van der Waals surface area contributed by atoms with E-state index in [9.17, 15) is 14.7 Å². The van der Waals surface area contributed by atoms with Crippen LogP contribution >= 0.6 is 0 Å². The van der Waals surface area contributed by atoms with Crippen LogP contribution in [-0.4, -0.2) is 50.8 Å². The van der Waals surface area contributed by atoms with Crippen LogP contribution in [0.4, 0.5) is 0 Å². The Morgan fingerprint density at radius 3 is 2.40 bits per heavy atom. The van der Waals surface area contributed by atoms with E-state index in [0.717, 1.165) is 23.1 Å². The molecule has 1 N–H and O–H groups in total. The van der Waals surface area contributed by atoms with Crippen LogP contribution < -0.4 is 23.7 Å². The van der Waals surface area contributed by atoms with E-state index in [1.807, 2.05) is 43.3 Å². The van der Waals surface area contributed by atoms with Crippen molar-refractivity contribution in [2.24, 2.45) is 5.92 Å². The monoisotopic (exact) mass is 548 g/mol. The van der Waals surface area contributed by atoms with Crippen LogP contribution in [0.3, 0.4) is 0 Å². The van der Waals surface area contributed by atoms with Crippen molar-refractivity contribution in [1.82, 2.24) is 0 Å². The van der Waals surface area contributed by atoms with Gasteiger partial charge in [0.25, 0.3) is 0 Å². The molecule has 1 aliphatic carbocycles. The zero-order chi connectivity index (χ0) is 28.2. The summed E-state index contributed by atoms with van der Waals surface area (Å²) in [4.78, 5) is 25.2. The van der Waals surface area contributed by atoms with Crippen LogP contribution in [0.25, 0.3) is 0 Å². The molecule has 210 valence electrons. The highest BCUT2D eigenvalue weighted by Gasteiger charge is 2.48. The molecule has 0 bridgehead atoms. The fourth-order valence-corrected chi connectivity index (χ4v) is 5.50. The van der Waals surface area contributed by atoms with E-state index in [1.165, 1.54) is 7.11 Å². The Hall–Kier alpha value is -4.40. The lowest BCUT2D eigenvalue weighted by molar-refractivity contribution is -0.145. The fraction of sp³-hybridized carbons (Fsp3) is 0.355. The van der Waals surface area contributed by atoms with Gasteiger partial charge in [0.05, 0.1) is 26.2 Å². The molecular weight excluding hydrogens is 516 g/mol. The smallest absolute Gasteiger partial charge is 0.344 e. The predicted octanol–water partition coefficient (Wildman–Crippen LogP) is 5.13. The highest BCUT2D eigenvalue weighted by Crippen LogP contribution is 2.56. The van der Waals surface area contributed by atoms with Gasteiger partial charge in [-0.3, -0.25) is 4.79 Å². The Labute approximate surface area is 232 Å². The molecule has 0 saturated carbocycles. The van der Waals surface area contributed by atoms with Crippen LogP contribution in [0.1, 0.15) is 54.4 Å². The van der Waals surface area contributed by atoms with Gasteiger partial charge in [-0.25, -0.2) is 4.79 Å². The van der Waals surface area contributed by atoms with Crippen LogP contribution in [-0.2, 0) is 14.3 Å². The molecule has 5 rings (SSSR count). The molecule has 1 heterocycles. The van der Waals surface area contributed by atoms with Gasteiger partial charge in [0, 0.05) is 23.5 Å². The van der Waals surface area contributed by atoms with Crippen molar-refractivity contribution < 1.29 is 43.1 Å². The summed E-state index contributed by atoms with van der Waals surface area (Å²) in [7, 11) is 1.53. The van der Waals surface area contributed by atoms with Gasteiger partial charge in [-0.2, -0.15) is 0 Å². The maximum atomic E-state index is 13.1. The van der Waals surface area contributed by atoms with Crippen molar-refractivity contribution in [3.8, 4) is 28.7 Å². The number of carboxylic acids is 1. The van der Waals surface area contributed by atoms with Crippen molar-refractivity contribution in [1.29, 1.82) is 0 Å². The quantitative estimate of drug-likeness (QED) is 0.326. The predicted molar refractivity (Wildman–Crippen MR) is 145 cm³/mol. The third-order valence-electron chi connectivity index (χ3n) is 7.17. The third-order valence-corrected chi connectivity index (χ3v) is 7.17. The zero-order valence-electron chi connectivity index (χ0n) is 22.7. The van der Waals surface area contributed by atoms with Gasteiger partial charge in [0.15, 0.2) is 18.1 Å². The number of ether oxygens (including phenoxy) is 6. The van der Waals surface area contributed by atoms with E-state index in [1.54, 1.807) is 25.1 Å². The van der Waals surface area contributed by atoms with E-state index in [4.69, 9.17) is 28.4 Å². The number of carboxylic acid groups (broad SMARTS) is 1. The number of aliphatic carboxylic acids is 1. The van der Waals surface area contributed by atoms with E-state index in [0.29, 0.717) is 40.9 Å². The molecular formula is C31H32O9. The van der Waals surface area contributed by atoms with E-state index < -0.39 is 29.7 Å². The summed E-state index contributed by atoms with van der Waals surface area (Å²) in [6.07, 6.45) is 0.836. The molecule has 40 heavy (non-hydrogen) atoms. The molecule has 0 fully saturated rings. The van der Waals surface area contributed by atoms with Gasteiger partial charge in [-0.15, -0.1) is 0 Å². The highest BCUT2D eigenvalue weighted by atomic mass is 16.7. The summed E-state index contributed by atoms with van der Waals surface area (Å²) in [5.41, 5.74) is 3.10. The van der Waals surface area contributed by atoms with E-state index in [2.05, 4.69) is 0 Å². The molecule has 0 aromatic heterocycles. The lowest BCUT2D eigenvalue weighted by Gasteiger charge is -2.25. The minimum absolute atomic E-state index is 0.121. The molecule has 0 radical (unpaired) electrons. The van der Waals surface area contributed by atoms with Gasteiger partial charge in [-0.1, -0.05) is 25.1 Å². The second-order valence-electron chi connectivity index (χ2n) is 9.57. The first kappa shape index (κ1) is 27.2. The second-order valence-corrected chi connectivity index (χ2v) is 9.57. The maximum absolute atomic E-state index is 13.1. The molecule has 3 aromatic rings. The minimum Gasteiger partial charge on any atom is -0.497 e. The standard InChI is InChI=1S/C31H32O9/c1-4-12-37-20-8-9-21-23(14-20)29(22-10-7-19(35-3)15-25(22)38-16-27(32)36-5-2)30(31(33)34)28(21)18-6-11-24-26(13-18)40-17-39-24/h6-11,13-15,28-30H,4-5,12,16-17H2,1-3H3,(H,33,34). The van der Waals surface area contributed by atoms with Gasteiger partial charge in [-0.05, 0) is 60.4 Å². The topological polar surface area (TPSA) is 110 Å². The third kappa shape index (κ3) is 5.23. The molecule has 2 aliphatic rings. The average molecular weight is 549 g/mol. The summed E-state index contributed by atoms with van der Waals surface area (Å²) >= 11 is 0. The number of rotatable bonds is 11. The van der Waals surface area contributed by atoms with Crippen molar-refractivity contribution in [2.75, 3.05) is 33.7 Å². The first-order valence-electron chi connectivity index (χ1n) is 13.3. The molecule has 0 saturated heterocycles. The molecule has 3 atom stereocenters. The Bertz CT molecular complexity index is 1400. The Kier molecular flexibility index (Phi) is 8.00. The fourth-order valence-electron chi connectivity index (χ4n) is 5.50. The maximum Gasteiger partial charge on any atom is 0.344 e. The lowest BCUT2D eigenvalue weighted by atomic mass is 9.79. The van der Waals surface area contributed by atoms with Crippen molar-refractivity contribution >= 4 is 11.9 Å². The summed E-state index contributed by atoms with van der Waals surface area (Å²) < 4.78 is 33.4. The number of hydrogen-bond acceptors (Lipinski definition) is 8. The molecule has 0 amide bonds. The number of hydrogen-bond donors (Lipinski definition) is 1. The van der Waals surface area contributed by atoms with Crippen molar-refractivity contribution in [2.45, 2.75) is 32.1 Å². The number of carbonyl (C=O) groups is 2. The Morgan fingerprint density at radius 2 is 1.65 bits per heavy atom. The number of carbonyl (C=O) groups excluding carboxylic acids is 1. The van der Waals surface area contributed by atoms with E-state index >= 15 is 0 Å². The average Bonchev–Trinajstić information content (AvgIpc) is 3.57. The van der Waals surface area contributed by atoms with E-state index in [-0.39, 0.29) is 20.0 Å². The van der Waals surface area contributed by atoms with Crippen LogP contribution in [0.15, 0.2) is 54.6 Å². The Morgan fingerprint density at radius 1 is 0.875 bits per heavy atom. The van der Waals surface area contributed by atoms with Gasteiger partial charge in [0.1, 0.15) is 17.2 Å². The van der Waals surface area contributed by atoms with Gasteiger partial charge < -0.3 is 33.5 Å². The number of benzene rings is 3. The van der Waals surface area contributed by atoms with Crippen LogP contribution in [0.2, 0.25) is 0 Å². The summed E-state index contributed by atoms with van der Waals surface area (Å²) in [5.74, 6) is -0.766. The lowest BCUT2D eigenvalue weighted by Crippen LogP contribution is -2.24. The molecule has 0 spiro atoms. The van der Waals surface area contributed by atoms with Crippen molar-refractivity contribution in [3.63, 3.8) is 0 Å². The number of fused-ring (bicyclic) bond motifs is 2. The summed E-state index contributed by atoms with van der Waals surface area (Å²) in [5, 5.41) is 10.7. The first-order valence-corrected chi connectivity index (χ1v) is 13.3. The highest BCUT2D eigenvalue weighted by molar-refractivity contribution is 5.79. The molecule has 9 heteroatoms. The Balaban J connectivity index is 1.65. The number of esters is 1.